The van der Waals surface area contributed by atoms with Crippen molar-refractivity contribution in [1.29, 1.82) is 0 Å². The number of carbonyl (C=O) groups is 1. The van der Waals surface area contributed by atoms with Gasteiger partial charge in [0.25, 0.3) is 5.91 Å². The number of hydrogen-bond acceptors (Lipinski definition) is 4. The number of benzene rings is 3. The van der Waals surface area contributed by atoms with E-state index in [-0.39, 0.29) is 12.5 Å². The molecule has 0 radical (unpaired) electrons. The van der Waals surface area contributed by atoms with E-state index in [2.05, 4.69) is 10.4 Å². The van der Waals surface area contributed by atoms with Gasteiger partial charge in [0.05, 0.1) is 30.6 Å². The molecule has 0 fully saturated rings. The molecule has 0 atom stereocenters. The molecule has 0 saturated heterocycles. The number of nitrogens with one attached hydrogen (secondary N) is 1. The number of carbonyl (C=O) groups excluding carboxylic acids is 1. The highest BCUT2D eigenvalue weighted by atomic mass is 35.5. The molecule has 3 aromatic carbocycles. The predicted molar refractivity (Wildman–Crippen MR) is 130 cm³/mol. The molecule has 33 heavy (non-hydrogen) atoms. The van der Waals surface area contributed by atoms with Gasteiger partial charge in [-0.15, -0.1) is 0 Å². The fraction of sp³-hybridized carbons (Fsp3) is 0.120. The first-order valence-corrected chi connectivity index (χ1v) is 10.9. The van der Waals surface area contributed by atoms with Crippen LogP contribution in [0.15, 0.2) is 79.1 Å². The minimum absolute atomic E-state index is 0.237. The van der Waals surface area contributed by atoms with Crippen LogP contribution in [0.3, 0.4) is 0 Å². The molecule has 1 amide bonds. The van der Waals surface area contributed by atoms with E-state index in [1.165, 1.54) is 0 Å². The summed E-state index contributed by atoms with van der Waals surface area (Å²) in [6.07, 6.45) is 3.40. The van der Waals surface area contributed by atoms with Gasteiger partial charge in [0.2, 0.25) is 0 Å². The lowest BCUT2D eigenvalue weighted by Crippen LogP contribution is -2.12. The second kappa shape index (κ2) is 10.4. The van der Waals surface area contributed by atoms with Crippen molar-refractivity contribution in [3.8, 4) is 11.5 Å². The van der Waals surface area contributed by atoms with E-state index in [0.29, 0.717) is 33.6 Å². The van der Waals surface area contributed by atoms with Gasteiger partial charge < -0.3 is 14.8 Å². The molecule has 4 aromatic rings. The standard InChI is InChI=1S/C25H21Cl2N3O3/c1-32-21-8-3-5-17(12-21)14-30-15-20(13-28-30)29-25(31)19-7-2-6-18(11-19)16-33-23-10-4-9-22(26)24(23)27/h2-13,15H,14,16H2,1H3,(H,29,31). The Bertz CT molecular complexity index is 1270. The zero-order valence-corrected chi connectivity index (χ0v) is 19.3. The average molecular weight is 482 g/mol. The Hall–Kier alpha value is -3.48. The highest BCUT2D eigenvalue weighted by molar-refractivity contribution is 6.42. The molecule has 6 nitrogen and oxygen atoms in total. The normalized spacial score (nSPS) is 10.6. The summed E-state index contributed by atoms with van der Waals surface area (Å²) in [6.45, 7) is 0.811. The summed E-state index contributed by atoms with van der Waals surface area (Å²) in [5.74, 6) is 1.04. The molecular formula is C25H21Cl2N3O3. The van der Waals surface area contributed by atoms with Gasteiger partial charge in [0.1, 0.15) is 23.1 Å². The lowest BCUT2D eigenvalue weighted by Gasteiger charge is -2.10. The van der Waals surface area contributed by atoms with Gasteiger partial charge in [-0.05, 0) is 47.5 Å². The summed E-state index contributed by atoms with van der Waals surface area (Å²) in [5.41, 5.74) is 2.99. The van der Waals surface area contributed by atoms with Crippen LogP contribution in [0.2, 0.25) is 10.0 Å². The third-order valence-electron chi connectivity index (χ3n) is 4.87. The number of nitrogens with zero attached hydrogens (tertiary/aromatic N) is 2. The maximum Gasteiger partial charge on any atom is 0.255 e. The Labute approximate surface area is 201 Å². The van der Waals surface area contributed by atoms with Gasteiger partial charge in [0, 0.05) is 11.8 Å². The van der Waals surface area contributed by atoms with Gasteiger partial charge in [-0.2, -0.15) is 5.10 Å². The summed E-state index contributed by atoms with van der Waals surface area (Å²) in [5, 5.41) is 7.99. The van der Waals surface area contributed by atoms with Crippen LogP contribution in [0.25, 0.3) is 0 Å². The fourth-order valence-corrected chi connectivity index (χ4v) is 3.58. The number of halogens is 2. The maximum absolute atomic E-state index is 12.7. The fourth-order valence-electron chi connectivity index (χ4n) is 3.23. The van der Waals surface area contributed by atoms with E-state index < -0.39 is 0 Å². The molecule has 0 aliphatic carbocycles. The summed E-state index contributed by atoms with van der Waals surface area (Å²) < 4.78 is 12.8. The Balaban J connectivity index is 1.38. The number of aromatic nitrogens is 2. The predicted octanol–water partition coefficient (Wildman–Crippen LogP) is 6.08. The average Bonchev–Trinajstić information content (AvgIpc) is 3.26. The highest BCUT2D eigenvalue weighted by Crippen LogP contribution is 2.32. The molecule has 0 unspecified atom stereocenters. The number of hydrogen-bond donors (Lipinski definition) is 1. The first-order valence-electron chi connectivity index (χ1n) is 10.1. The van der Waals surface area contributed by atoms with Crippen molar-refractivity contribution in [3.05, 3.63) is 106 Å². The van der Waals surface area contributed by atoms with E-state index >= 15 is 0 Å². The first kappa shape index (κ1) is 22.7. The maximum atomic E-state index is 12.7. The van der Waals surface area contributed by atoms with Crippen molar-refractivity contribution in [2.75, 3.05) is 12.4 Å². The van der Waals surface area contributed by atoms with Crippen molar-refractivity contribution in [2.45, 2.75) is 13.2 Å². The van der Waals surface area contributed by atoms with Crippen LogP contribution in [0.5, 0.6) is 11.5 Å². The van der Waals surface area contributed by atoms with Crippen molar-refractivity contribution < 1.29 is 14.3 Å². The zero-order chi connectivity index (χ0) is 23.2. The lowest BCUT2D eigenvalue weighted by atomic mass is 10.1. The third kappa shape index (κ3) is 5.86. The molecule has 1 N–H and O–H groups in total. The molecular weight excluding hydrogens is 461 g/mol. The summed E-state index contributed by atoms with van der Waals surface area (Å²) >= 11 is 12.2. The first-order chi connectivity index (χ1) is 16.0. The molecule has 0 aliphatic rings. The SMILES string of the molecule is COc1cccc(Cn2cc(NC(=O)c3cccc(COc4cccc(Cl)c4Cl)c3)cn2)c1. The van der Waals surface area contributed by atoms with Crippen LogP contribution in [-0.2, 0) is 13.2 Å². The minimum atomic E-state index is -0.237. The van der Waals surface area contributed by atoms with Crippen molar-refractivity contribution >= 4 is 34.8 Å². The molecule has 0 spiro atoms. The molecule has 8 heteroatoms. The van der Waals surface area contributed by atoms with Gasteiger partial charge in [-0.3, -0.25) is 9.48 Å². The zero-order valence-electron chi connectivity index (χ0n) is 17.8. The molecule has 1 aromatic heterocycles. The number of rotatable bonds is 8. The number of ether oxygens (including phenoxy) is 2. The topological polar surface area (TPSA) is 65.4 Å². The molecule has 168 valence electrons. The number of methoxy groups -OCH3 is 1. The second-order valence-electron chi connectivity index (χ2n) is 7.27. The Kier molecular flexibility index (Phi) is 7.17. The van der Waals surface area contributed by atoms with Crippen LogP contribution in [-0.4, -0.2) is 22.8 Å². The van der Waals surface area contributed by atoms with E-state index in [1.54, 1.807) is 60.6 Å². The summed E-state index contributed by atoms with van der Waals surface area (Å²) in [6, 6.07) is 20.2. The number of amides is 1. The highest BCUT2D eigenvalue weighted by Gasteiger charge is 2.10. The monoisotopic (exact) mass is 481 g/mol. The third-order valence-corrected chi connectivity index (χ3v) is 5.67. The van der Waals surface area contributed by atoms with E-state index in [1.807, 2.05) is 30.3 Å². The smallest absolute Gasteiger partial charge is 0.255 e. The Morgan fingerprint density at radius 2 is 1.82 bits per heavy atom. The van der Waals surface area contributed by atoms with E-state index in [9.17, 15) is 4.79 Å². The van der Waals surface area contributed by atoms with Gasteiger partial charge in [-0.25, -0.2) is 0 Å². The summed E-state index contributed by atoms with van der Waals surface area (Å²) in [4.78, 5) is 12.7. The van der Waals surface area contributed by atoms with Gasteiger partial charge >= 0.3 is 0 Å². The van der Waals surface area contributed by atoms with Gasteiger partial charge in [0.15, 0.2) is 0 Å². The molecule has 0 bridgehead atoms. The van der Waals surface area contributed by atoms with E-state index in [0.717, 1.165) is 16.9 Å². The molecule has 0 saturated carbocycles. The molecule has 0 aliphatic heterocycles. The van der Waals surface area contributed by atoms with Gasteiger partial charge in [-0.1, -0.05) is 53.5 Å². The number of anilines is 1. The Morgan fingerprint density at radius 3 is 2.67 bits per heavy atom. The lowest BCUT2D eigenvalue weighted by molar-refractivity contribution is 0.102. The van der Waals surface area contributed by atoms with Crippen LogP contribution in [0.4, 0.5) is 5.69 Å². The van der Waals surface area contributed by atoms with Crippen molar-refractivity contribution in [3.63, 3.8) is 0 Å². The van der Waals surface area contributed by atoms with Crippen LogP contribution >= 0.6 is 23.2 Å². The minimum Gasteiger partial charge on any atom is -0.497 e. The quantitative estimate of drug-likeness (QED) is 0.331. The van der Waals surface area contributed by atoms with Crippen molar-refractivity contribution in [2.24, 2.45) is 0 Å². The largest absolute Gasteiger partial charge is 0.497 e. The molecule has 1 heterocycles. The van der Waals surface area contributed by atoms with Crippen LogP contribution < -0.4 is 14.8 Å². The Morgan fingerprint density at radius 1 is 1.03 bits per heavy atom. The summed E-state index contributed by atoms with van der Waals surface area (Å²) in [7, 11) is 1.63. The van der Waals surface area contributed by atoms with E-state index in [4.69, 9.17) is 32.7 Å². The van der Waals surface area contributed by atoms with Crippen LogP contribution in [0.1, 0.15) is 21.5 Å². The van der Waals surface area contributed by atoms with Crippen LogP contribution in [0, 0.1) is 0 Å². The molecule has 4 rings (SSSR count). The second-order valence-corrected chi connectivity index (χ2v) is 8.06. The van der Waals surface area contributed by atoms with Crippen molar-refractivity contribution in [1.82, 2.24) is 9.78 Å².